The summed E-state index contributed by atoms with van der Waals surface area (Å²) in [7, 11) is 0. The summed E-state index contributed by atoms with van der Waals surface area (Å²) in [6, 6.07) is 9.24. The predicted octanol–water partition coefficient (Wildman–Crippen LogP) is 0.809. The SMILES string of the molecule is NN=C(C=NO)c1ccccc1. The molecule has 0 aliphatic heterocycles. The highest BCUT2D eigenvalue weighted by molar-refractivity contribution is 6.37. The molecule has 0 spiro atoms. The van der Waals surface area contributed by atoms with Crippen LogP contribution in [-0.4, -0.2) is 17.1 Å². The highest BCUT2D eigenvalue weighted by Gasteiger charge is 1.97. The molecule has 0 bridgehead atoms. The summed E-state index contributed by atoms with van der Waals surface area (Å²) in [4.78, 5) is 0. The van der Waals surface area contributed by atoms with E-state index >= 15 is 0 Å². The van der Waals surface area contributed by atoms with Crippen molar-refractivity contribution in [1.29, 1.82) is 0 Å². The van der Waals surface area contributed by atoms with Gasteiger partial charge in [-0.05, 0) is 0 Å². The second-order valence-electron chi connectivity index (χ2n) is 2.12. The van der Waals surface area contributed by atoms with Gasteiger partial charge < -0.3 is 11.0 Å². The molecule has 1 aromatic carbocycles. The fraction of sp³-hybridized carbons (Fsp3) is 0. The Morgan fingerprint density at radius 2 is 2.00 bits per heavy atom. The molecule has 0 atom stereocenters. The lowest BCUT2D eigenvalue weighted by molar-refractivity contribution is 0.322. The molecule has 0 heterocycles. The van der Waals surface area contributed by atoms with Crippen LogP contribution < -0.4 is 5.84 Å². The van der Waals surface area contributed by atoms with Crippen LogP contribution >= 0.6 is 0 Å². The van der Waals surface area contributed by atoms with E-state index in [1.807, 2.05) is 30.3 Å². The maximum atomic E-state index is 8.26. The molecular weight excluding hydrogens is 154 g/mol. The van der Waals surface area contributed by atoms with Crippen molar-refractivity contribution in [3.05, 3.63) is 35.9 Å². The third-order valence-electron chi connectivity index (χ3n) is 1.39. The molecule has 0 saturated heterocycles. The average Bonchev–Trinajstić information content (AvgIpc) is 2.15. The zero-order valence-electron chi connectivity index (χ0n) is 6.38. The van der Waals surface area contributed by atoms with Crippen molar-refractivity contribution in [3.63, 3.8) is 0 Å². The lowest BCUT2D eigenvalue weighted by Gasteiger charge is -1.96. The summed E-state index contributed by atoms with van der Waals surface area (Å²) in [6.45, 7) is 0. The molecule has 0 radical (unpaired) electrons. The number of benzene rings is 1. The Morgan fingerprint density at radius 1 is 1.33 bits per heavy atom. The van der Waals surface area contributed by atoms with E-state index in [1.165, 1.54) is 6.21 Å². The average molecular weight is 163 g/mol. The lowest BCUT2D eigenvalue weighted by Crippen LogP contribution is -2.05. The number of nitrogens with zero attached hydrogens (tertiary/aromatic N) is 2. The Bertz CT molecular complexity index is 292. The minimum absolute atomic E-state index is 0.443. The van der Waals surface area contributed by atoms with Crippen LogP contribution in [0, 0.1) is 0 Å². The molecule has 0 aliphatic carbocycles. The van der Waals surface area contributed by atoms with Crippen molar-refractivity contribution < 1.29 is 5.21 Å². The number of nitrogens with two attached hydrogens (primary N) is 1. The van der Waals surface area contributed by atoms with Crippen LogP contribution in [-0.2, 0) is 0 Å². The van der Waals surface area contributed by atoms with E-state index in [0.717, 1.165) is 5.56 Å². The third kappa shape index (κ3) is 1.82. The van der Waals surface area contributed by atoms with Crippen molar-refractivity contribution in [2.24, 2.45) is 16.1 Å². The molecular formula is C8H9N3O. The summed E-state index contributed by atoms with van der Waals surface area (Å²) in [6.07, 6.45) is 1.19. The highest BCUT2D eigenvalue weighted by Crippen LogP contribution is 1.98. The minimum Gasteiger partial charge on any atom is -0.411 e. The lowest BCUT2D eigenvalue weighted by atomic mass is 10.1. The monoisotopic (exact) mass is 163 g/mol. The number of hydrazone groups is 1. The quantitative estimate of drug-likeness (QED) is 0.293. The predicted molar refractivity (Wildman–Crippen MR) is 47.4 cm³/mol. The molecule has 0 amide bonds. The van der Waals surface area contributed by atoms with Crippen LogP contribution in [0.5, 0.6) is 0 Å². The Balaban J connectivity index is 2.97. The molecule has 12 heavy (non-hydrogen) atoms. The summed E-state index contributed by atoms with van der Waals surface area (Å²) in [5.74, 6) is 5.08. The number of hydrogen-bond donors (Lipinski definition) is 2. The Morgan fingerprint density at radius 3 is 2.50 bits per heavy atom. The first-order valence-electron chi connectivity index (χ1n) is 3.39. The highest BCUT2D eigenvalue weighted by atomic mass is 16.4. The van der Waals surface area contributed by atoms with Gasteiger partial charge in [0.2, 0.25) is 0 Å². The first-order valence-corrected chi connectivity index (χ1v) is 3.39. The Kier molecular flexibility index (Phi) is 2.84. The van der Waals surface area contributed by atoms with Crippen LogP contribution in [0.1, 0.15) is 5.56 Å². The number of rotatable bonds is 2. The zero-order valence-corrected chi connectivity index (χ0v) is 6.38. The standard InChI is InChI=1S/C8H9N3O/c9-11-8(6-10-12)7-4-2-1-3-5-7/h1-6,12H,9H2. The molecule has 4 nitrogen and oxygen atoms in total. The number of hydrogen-bond acceptors (Lipinski definition) is 4. The maximum Gasteiger partial charge on any atom is 0.111 e. The topological polar surface area (TPSA) is 71.0 Å². The van der Waals surface area contributed by atoms with E-state index in [2.05, 4.69) is 10.3 Å². The fourth-order valence-electron chi connectivity index (χ4n) is 0.846. The van der Waals surface area contributed by atoms with Gasteiger partial charge in [-0.25, -0.2) is 0 Å². The van der Waals surface area contributed by atoms with Crippen molar-refractivity contribution in [3.8, 4) is 0 Å². The van der Waals surface area contributed by atoms with Gasteiger partial charge >= 0.3 is 0 Å². The summed E-state index contributed by atoms with van der Waals surface area (Å²) in [5, 5.41) is 14.6. The van der Waals surface area contributed by atoms with E-state index in [-0.39, 0.29) is 0 Å². The first-order chi connectivity index (χ1) is 5.88. The zero-order chi connectivity index (χ0) is 8.81. The van der Waals surface area contributed by atoms with Gasteiger partial charge in [-0.3, -0.25) is 0 Å². The van der Waals surface area contributed by atoms with Gasteiger partial charge in [0.05, 0.1) is 6.21 Å². The first kappa shape index (κ1) is 8.26. The Labute approximate surface area is 70.0 Å². The minimum atomic E-state index is 0.443. The molecule has 0 unspecified atom stereocenters. The van der Waals surface area contributed by atoms with Gasteiger partial charge in [0, 0.05) is 5.56 Å². The van der Waals surface area contributed by atoms with Crippen LogP contribution in [0.25, 0.3) is 0 Å². The second-order valence-corrected chi connectivity index (χ2v) is 2.12. The summed E-state index contributed by atoms with van der Waals surface area (Å²) < 4.78 is 0. The molecule has 1 aromatic rings. The summed E-state index contributed by atoms with van der Waals surface area (Å²) >= 11 is 0. The molecule has 62 valence electrons. The number of oxime groups is 1. The fourth-order valence-corrected chi connectivity index (χ4v) is 0.846. The van der Waals surface area contributed by atoms with E-state index in [1.54, 1.807) is 0 Å². The van der Waals surface area contributed by atoms with Crippen LogP contribution in [0.15, 0.2) is 40.6 Å². The van der Waals surface area contributed by atoms with Crippen LogP contribution in [0.3, 0.4) is 0 Å². The van der Waals surface area contributed by atoms with Crippen molar-refractivity contribution >= 4 is 11.9 Å². The van der Waals surface area contributed by atoms with E-state index in [4.69, 9.17) is 11.0 Å². The van der Waals surface area contributed by atoms with Gasteiger partial charge in [-0.1, -0.05) is 35.5 Å². The molecule has 1 rings (SSSR count). The van der Waals surface area contributed by atoms with E-state index in [0.29, 0.717) is 5.71 Å². The van der Waals surface area contributed by atoms with E-state index in [9.17, 15) is 0 Å². The van der Waals surface area contributed by atoms with Gasteiger partial charge in [0.1, 0.15) is 5.71 Å². The van der Waals surface area contributed by atoms with Gasteiger partial charge in [0.25, 0.3) is 0 Å². The van der Waals surface area contributed by atoms with Gasteiger partial charge in [-0.2, -0.15) is 5.10 Å². The second kappa shape index (κ2) is 4.12. The van der Waals surface area contributed by atoms with Crippen molar-refractivity contribution in [1.82, 2.24) is 0 Å². The maximum absolute atomic E-state index is 8.26. The van der Waals surface area contributed by atoms with Crippen LogP contribution in [0.2, 0.25) is 0 Å². The van der Waals surface area contributed by atoms with Gasteiger partial charge in [0.15, 0.2) is 0 Å². The molecule has 0 aliphatic rings. The van der Waals surface area contributed by atoms with Crippen LogP contribution in [0.4, 0.5) is 0 Å². The molecule has 0 aromatic heterocycles. The third-order valence-corrected chi connectivity index (χ3v) is 1.39. The smallest absolute Gasteiger partial charge is 0.111 e. The molecule has 3 N–H and O–H groups in total. The Hall–Kier alpha value is -1.84. The van der Waals surface area contributed by atoms with E-state index < -0.39 is 0 Å². The largest absolute Gasteiger partial charge is 0.411 e. The molecule has 4 heteroatoms. The molecule has 0 fully saturated rings. The van der Waals surface area contributed by atoms with Crippen molar-refractivity contribution in [2.75, 3.05) is 0 Å². The van der Waals surface area contributed by atoms with Crippen molar-refractivity contribution in [2.45, 2.75) is 0 Å². The summed E-state index contributed by atoms with van der Waals surface area (Å²) in [5.41, 5.74) is 1.26. The van der Waals surface area contributed by atoms with Gasteiger partial charge in [-0.15, -0.1) is 0 Å². The molecule has 0 saturated carbocycles. The normalized spacial score (nSPS) is 12.2.